The van der Waals surface area contributed by atoms with Crippen LogP contribution in [0.25, 0.3) is 11.0 Å². The first-order valence-corrected chi connectivity index (χ1v) is 6.52. The van der Waals surface area contributed by atoms with Crippen LogP contribution in [0, 0.1) is 10.2 Å². The molecule has 0 saturated heterocycles. The Kier molecular flexibility index (Phi) is 2.36. The molecule has 1 aliphatic carbocycles. The molecule has 4 heteroatoms. The maximum Gasteiger partial charge on any atom is 0.178 e. The number of fused-ring (bicyclic) bond motifs is 1. The van der Waals surface area contributed by atoms with Gasteiger partial charge >= 0.3 is 0 Å². The van der Waals surface area contributed by atoms with Crippen LogP contribution in [-0.2, 0) is 0 Å². The summed E-state index contributed by atoms with van der Waals surface area (Å²) in [4.78, 5) is 7.38. The highest BCUT2D eigenvalue weighted by Gasteiger charge is 2.32. The fourth-order valence-electron chi connectivity index (χ4n) is 2.96. The zero-order valence-electron chi connectivity index (χ0n) is 10.2. The van der Waals surface area contributed by atoms with E-state index in [0.717, 1.165) is 10.3 Å². The quantitative estimate of drug-likeness (QED) is 0.777. The van der Waals surface area contributed by atoms with E-state index in [1.165, 1.54) is 24.8 Å². The Balaban J connectivity index is 2.12. The van der Waals surface area contributed by atoms with E-state index in [2.05, 4.69) is 28.4 Å². The molecule has 17 heavy (non-hydrogen) atoms. The van der Waals surface area contributed by atoms with Crippen molar-refractivity contribution in [2.24, 2.45) is 5.41 Å². The van der Waals surface area contributed by atoms with Gasteiger partial charge in [0.05, 0.1) is 17.2 Å². The highest BCUT2D eigenvalue weighted by molar-refractivity contribution is 7.71. The van der Waals surface area contributed by atoms with Gasteiger partial charge in [-0.2, -0.15) is 0 Å². The fourth-order valence-corrected chi connectivity index (χ4v) is 3.32. The first-order valence-electron chi connectivity index (χ1n) is 6.11. The number of rotatable bonds is 1. The van der Waals surface area contributed by atoms with Crippen LogP contribution in [0.1, 0.15) is 39.2 Å². The molecule has 2 heterocycles. The Morgan fingerprint density at radius 3 is 3.06 bits per heavy atom. The molecule has 0 spiro atoms. The van der Waals surface area contributed by atoms with E-state index in [0.29, 0.717) is 11.5 Å². The molecule has 3 rings (SSSR count). The van der Waals surface area contributed by atoms with Crippen LogP contribution in [0.15, 0.2) is 18.5 Å². The molecule has 1 fully saturated rings. The Labute approximate surface area is 106 Å². The van der Waals surface area contributed by atoms with E-state index in [1.807, 2.05) is 18.5 Å². The average Bonchev–Trinajstić information content (AvgIpc) is 2.77. The van der Waals surface area contributed by atoms with E-state index in [4.69, 9.17) is 12.2 Å². The second kappa shape index (κ2) is 3.67. The molecule has 1 atom stereocenters. The predicted molar refractivity (Wildman–Crippen MR) is 71.6 cm³/mol. The van der Waals surface area contributed by atoms with Gasteiger partial charge in [-0.3, -0.25) is 4.98 Å². The molecule has 1 aliphatic rings. The number of hydrogen-bond acceptors (Lipinski definition) is 2. The maximum atomic E-state index is 5.44. The summed E-state index contributed by atoms with van der Waals surface area (Å²) in [6, 6.07) is 2.58. The highest BCUT2D eigenvalue weighted by atomic mass is 32.1. The lowest BCUT2D eigenvalue weighted by Crippen LogP contribution is -2.09. The summed E-state index contributed by atoms with van der Waals surface area (Å²) in [7, 11) is 0. The third-order valence-electron chi connectivity index (χ3n) is 3.83. The van der Waals surface area contributed by atoms with E-state index in [9.17, 15) is 0 Å². The third-order valence-corrected chi connectivity index (χ3v) is 4.12. The Hall–Kier alpha value is -1.16. The van der Waals surface area contributed by atoms with E-state index >= 15 is 0 Å². The molecule has 0 amide bonds. The van der Waals surface area contributed by atoms with Gasteiger partial charge in [0.25, 0.3) is 0 Å². The molecule has 3 nitrogen and oxygen atoms in total. The van der Waals surface area contributed by atoms with Crippen LogP contribution in [-0.4, -0.2) is 14.5 Å². The van der Waals surface area contributed by atoms with Gasteiger partial charge < -0.3 is 9.55 Å². The first kappa shape index (κ1) is 11.0. The minimum absolute atomic E-state index is 0.441. The number of H-pyrrole nitrogens is 1. The molecular weight excluding hydrogens is 230 g/mol. The lowest BCUT2D eigenvalue weighted by atomic mass is 9.92. The van der Waals surface area contributed by atoms with Gasteiger partial charge in [0.15, 0.2) is 4.77 Å². The van der Waals surface area contributed by atoms with Gasteiger partial charge in [-0.15, -0.1) is 0 Å². The lowest BCUT2D eigenvalue weighted by Gasteiger charge is -2.18. The van der Waals surface area contributed by atoms with Crippen molar-refractivity contribution in [3.8, 4) is 0 Å². The zero-order chi connectivity index (χ0) is 12.0. The third kappa shape index (κ3) is 1.80. The van der Waals surface area contributed by atoms with Crippen molar-refractivity contribution in [3.63, 3.8) is 0 Å². The van der Waals surface area contributed by atoms with Gasteiger partial charge in [-0.1, -0.05) is 13.8 Å². The summed E-state index contributed by atoms with van der Waals surface area (Å²) in [5.74, 6) is 0. The fraction of sp³-hybridized carbons (Fsp3) is 0.538. The molecule has 2 aromatic rings. The molecule has 1 unspecified atom stereocenters. The van der Waals surface area contributed by atoms with Crippen LogP contribution in [0.5, 0.6) is 0 Å². The van der Waals surface area contributed by atoms with Crippen molar-refractivity contribution in [1.29, 1.82) is 0 Å². The minimum atomic E-state index is 0.441. The van der Waals surface area contributed by atoms with Crippen LogP contribution >= 0.6 is 12.2 Å². The van der Waals surface area contributed by atoms with E-state index < -0.39 is 0 Å². The summed E-state index contributed by atoms with van der Waals surface area (Å²) in [6.45, 7) is 4.68. The van der Waals surface area contributed by atoms with Crippen LogP contribution in [0.3, 0.4) is 0 Å². The van der Waals surface area contributed by atoms with Crippen LogP contribution in [0.4, 0.5) is 0 Å². The van der Waals surface area contributed by atoms with E-state index in [-0.39, 0.29) is 0 Å². The van der Waals surface area contributed by atoms with Crippen molar-refractivity contribution in [1.82, 2.24) is 14.5 Å². The topological polar surface area (TPSA) is 33.6 Å². The molecule has 0 radical (unpaired) electrons. The highest BCUT2D eigenvalue weighted by Crippen LogP contribution is 2.44. The summed E-state index contributed by atoms with van der Waals surface area (Å²) in [6.07, 6.45) is 7.38. The van der Waals surface area contributed by atoms with Crippen molar-refractivity contribution >= 4 is 23.3 Å². The summed E-state index contributed by atoms with van der Waals surface area (Å²) >= 11 is 5.44. The number of pyridine rings is 1. The molecule has 90 valence electrons. The standard InChI is InChI=1S/C13H17N3S/c1-13(2)5-3-9(7-13)16-11-4-6-14-8-10(11)15-12(16)17/h4,6,8-9H,3,5,7H2,1-2H3,(H,15,17). The molecule has 0 aromatic carbocycles. The number of imidazole rings is 1. The largest absolute Gasteiger partial charge is 0.329 e. The number of aromatic nitrogens is 3. The second-order valence-corrected chi connectivity index (χ2v) is 6.14. The average molecular weight is 247 g/mol. The summed E-state index contributed by atoms with van der Waals surface area (Å²) in [5, 5.41) is 0. The van der Waals surface area contributed by atoms with Gasteiger partial charge in [-0.05, 0) is 43.0 Å². The molecule has 2 aromatic heterocycles. The number of nitrogens with zero attached hydrogens (tertiary/aromatic N) is 2. The Morgan fingerprint density at radius 1 is 1.53 bits per heavy atom. The van der Waals surface area contributed by atoms with Gasteiger partial charge in [0.2, 0.25) is 0 Å². The first-order chi connectivity index (χ1) is 8.07. The Morgan fingerprint density at radius 2 is 2.35 bits per heavy atom. The zero-order valence-corrected chi connectivity index (χ0v) is 11.0. The van der Waals surface area contributed by atoms with Crippen molar-refractivity contribution < 1.29 is 0 Å². The monoisotopic (exact) mass is 247 g/mol. The van der Waals surface area contributed by atoms with Gasteiger partial charge in [0.1, 0.15) is 0 Å². The van der Waals surface area contributed by atoms with Crippen molar-refractivity contribution in [2.75, 3.05) is 0 Å². The molecular formula is C13H17N3S. The van der Waals surface area contributed by atoms with Crippen LogP contribution < -0.4 is 0 Å². The summed E-state index contributed by atoms with van der Waals surface area (Å²) < 4.78 is 3.11. The number of nitrogens with one attached hydrogen (secondary N) is 1. The smallest absolute Gasteiger partial charge is 0.178 e. The molecule has 1 N–H and O–H groups in total. The van der Waals surface area contributed by atoms with E-state index in [1.54, 1.807) is 0 Å². The molecule has 0 bridgehead atoms. The maximum absolute atomic E-state index is 5.44. The van der Waals surface area contributed by atoms with Gasteiger partial charge in [-0.25, -0.2) is 0 Å². The number of aromatic amines is 1. The summed E-state index contributed by atoms with van der Waals surface area (Å²) in [5.41, 5.74) is 2.67. The second-order valence-electron chi connectivity index (χ2n) is 5.75. The number of hydrogen-bond donors (Lipinski definition) is 1. The lowest BCUT2D eigenvalue weighted by molar-refractivity contribution is 0.360. The SMILES string of the molecule is CC1(C)CCC(n2c(=S)[nH]c3cnccc32)C1. The minimum Gasteiger partial charge on any atom is -0.329 e. The molecule has 0 aliphatic heterocycles. The predicted octanol–water partition coefficient (Wildman–Crippen LogP) is 3.85. The van der Waals surface area contributed by atoms with Gasteiger partial charge in [0, 0.05) is 12.2 Å². The normalized spacial score (nSPS) is 23.3. The van der Waals surface area contributed by atoms with Crippen molar-refractivity contribution in [2.45, 2.75) is 39.2 Å². The Bertz CT molecular complexity index is 608. The van der Waals surface area contributed by atoms with Crippen molar-refractivity contribution in [3.05, 3.63) is 23.2 Å². The van der Waals surface area contributed by atoms with Crippen LogP contribution in [0.2, 0.25) is 0 Å². The molecule has 1 saturated carbocycles.